The van der Waals surface area contributed by atoms with E-state index in [1.165, 1.54) is 0 Å². The van der Waals surface area contributed by atoms with Crippen molar-refractivity contribution >= 4 is 11.9 Å². The summed E-state index contributed by atoms with van der Waals surface area (Å²) in [5.74, 6) is -0.938. The van der Waals surface area contributed by atoms with Crippen molar-refractivity contribution in [2.45, 2.75) is 13.0 Å². The molecular weight excluding hydrogens is 310 g/mol. The van der Waals surface area contributed by atoms with Crippen molar-refractivity contribution in [2.24, 2.45) is 23.7 Å². The highest BCUT2D eigenvalue weighted by Gasteiger charge is 2.51. The standard InChI is InChI=1S/C18H21NO5/c1-23-13-5-10(6-14(8-13)24-2)9-19-17(20)15-11-3-4-12(7-11)16(15)18(21)22/h3-6,8,11-12,15-16H,7,9H2,1-2H3,(H,19,20)(H,21,22)/t11-,12-,15-,16-/m0/s1. The van der Waals surface area contributed by atoms with Crippen LogP contribution in [0.25, 0.3) is 0 Å². The molecular formula is C18H21NO5. The third-order valence-electron chi connectivity index (χ3n) is 4.93. The molecule has 1 fully saturated rings. The number of amides is 1. The molecule has 2 N–H and O–H groups in total. The van der Waals surface area contributed by atoms with E-state index in [-0.39, 0.29) is 17.7 Å². The minimum Gasteiger partial charge on any atom is -0.497 e. The van der Waals surface area contributed by atoms with Crippen LogP contribution in [-0.4, -0.2) is 31.2 Å². The Morgan fingerprint density at radius 3 is 2.21 bits per heavy atom. The normalized spacial score (nSPS) is 27.1. The summed E-state index contributed by atoms with van der Waals surface area (Å²) in [7, 11) is 3.13. The van der Waals surface area contributed by atoms with E-state index in [0.29, 0.717) is 18.0 Å². The van der Waals surface area contributed by atoms with Crippen molar-refractivity contribution < 1.29 is 24.2 Å². The van der Waals surface area contributed by atoms with Gasteiger partial charge in [0.05, 0.1) is 26.1 Å². The van der Waals surface area contributed by atoms with Crippen LogP contribution < -0.4 is 14.8 Å². The Kier molecular flexibility index (Phi) is 4.46. The van der Waals surface area contributed by atoms with Crippen LogP contribution in [0.5, 0.6) is 11.5 Å². The van der Waals surface area contributed by atoms with Gasteiger partial charge in [0, 0.05) is 12.6 Å². The predicted octanol–water partition coefficient (Wildman–Crippen LogP) is 1.84. The molecule has 2 aliphatic carbocycles. The fourth-order valence-corrected chi connectivity index (χ4v) is 3.79. The maximum Gasteiger partial charge on any atom is 0.307 e. The van der Waals surface area contributed by atoms with Crippen LogP contribution in [0, 0.1) is 23.7 Å². The second-order valence-corrected chi connectivity index (χ2v) is 6.28. The maximum absolute atomic E-state index is 12.6. The molecule has 1 aromatic carbocycles. The Morgan fingerprint density at radius 1 is 1.08 bits per heavy atom. The van der Waals surface area contributed by atoms with Crippen LogP contribution in [0.2, 0.25) is 0 Å². The van der Waals surface area contributed by atoms with E-state index in [0.717, 1.165) is 12.0 Å². The van der Waals surface area contributed by atoms with Crippen LogP contribution >= 0.6 is 0 Å². The Labute approximate surface area is 140 Å². The van der Waals surface area contributed by atoms with Gasteiger partial charge in [0.1, 0.15) is 11.5 Å². The Bertz CT molecular complexity index is 662. The van der Waals surface area contributed by atoms with Gasteiger partial charge < -0.3 is 19.9 Å². The van der Waals surface area contributed by atoms with E-state index in [1.54, 1.807) is 20.3 Å². The average Bonchev–Trinajstić information content (AvgIpc) is 3.20. The van der Waals surface area contributed by atoms with Crippen LogP contribution in [0.15, 0.2) is 30.4 Å². The molecule has 6 heteroatoms. The zero-order chi connectivity index (χ0) is 17.3. The predicted molar refractivity (Wildman–Crippen MR) is 86.7 cm³/mol. The molecule has 2 bridgehead atoms. The van der Waals surface area contributed by atoms with Crippen LogP contribution in [0.4, 0.5) is 0 Å². The van der Waals surface area contributed by atoms with Gasteiger partial charge >= 0.3 is 5.97 Å². The molecule has 0 saturated heterocycles. The first-order chi connectivity index (χ1) is 11.5. The lowest BCUT2D eigenvalue weighted by Crippen LogP contribution is -2.39. The zero-order valence-corrected chi connectivity index (χ0v) is 13.7. The van der Waals surface area contributed by atoms with Gasteiger partial charge in [0.2, 0.25) is 5.91 Å². The van der Waals surface area contributed by atoms with Gasteiger partial charge in [-0.05, 0) is 36.0 Å². The van der Waals surface area contributed by atoms with Gasteiger partial charge in [-0.2, -0.15) is 0 Å². The second kappa shape index (κ2) is 6.55. The summed E-state index contributed by atoms with van der Waals surface area (Å²) in [5.41, 5.74) is 0.838. The minimum absolute atomic E-state index is 0.0240. The maximum atomic E-state index is 12.6. The number of benzene rings is 1. The lowest BCUT2D eigenvalue weighted by atomic mass is 9.82. The number of fused-ring (bicyclic) bond motifs is 2. The van der Waals surface area contributed by atoms with Crippen LogP contribution in [0.1, 0.15) is 12.0 Å². The molecule has 0 aliphatic heterocycles. The minimum atomic E-state index is -0.893. The fourth-order valence-electron chi connectivity index (χ4n) is 3.79. The molecule has 0 spiro atoms. The number of ether oxygens (including phenoxy) is 2. The van der Waals surface area contributed by atoms with E-state index >= 15 is 0 Å². The number of hydrogen-bond donors (Lipinski definition) is 2. The monoisotopic (exact) mass is 331 g/mol. The van der Waals surface area contributed by atoms with Crippen molar-refractivity contribution in [2.75, 3.05) is 14.2 Å². The molecule has 0 aromatic heterocycles. The molecule has 1 amide bonds. The van der Waals surface area contributed by atoms with Gasteiger partial charge in [-0.3, -0.25) is 9.59 Å². The molecule has 2 aliphatic rings. The number of carboxylic acid groups (broad SMARTS) is 1. The summed E-state index contributed by atoms with van der Waals surface area (Å²) < 4.78 is 10.4. The quantitative estimate of drug-likeness (QED) is 0.777. The highest BCUT2D eigenvalue weighted by molar-refractivity contribution is 5.86. The van der Waals surface area contributed by atoms with E-state index in [4.69, 9.17) is 9.47 Å². The largest absolute Gasteiger partial charge is 0.497 e. The summed E-state index contributed by atoms with van der Waals surface area (Å²) >= 11 is 0. The van der Waals surface area contributed by atoms with Crippen LogP contribution in [-0.2, 0) is 16.1 Å². The number of carbonyl (C=O) groups is 2. The SMILES string of the molecule is COc1cc(CNC(=O)[C@@H]2[C@@H](C(=O)O)[C@H]3C=C[C@H]2C3)cc(OC)c1. The van der Waals surface area contributed by atoms with Gasteiger partial charge in [-0.15, -0.1) is 0 Å². The van der Waals surface area contributed by atoms with Crippen molar-refractivity contribution in [1.29, 1.82) is 0 Å². The van der Waals surface area contributed by atoms with Crippen molar-refractivity contribution in [3.05, 3.63) is 35.9 Å². The van der Waals surface area contributed by atoms with Gasteiger partial charge in [-0.25, -0.2) is 0 Å². The van der Waals surface area contributed by atoms with Gasteiger partial charge in [0.15, 0.2) is 0 Å². The number of carbonyl (C=O) groups excluding carboxylic acids is 1. The van der Waals surface area contributed by atoms with Crippen LogP contribution in [0.3, 0.4) is 0 Å². The van der Waals surface area contributed by atoms with Gasteiger partial charge in [0.25, 0.3) is 0 Å². The first-order valence-corrected chi connectivity index (χ1v) is 7.94. The molecule has 1 saturated carbocycles. The van der Waals surface area contributed by atoms with E-state index in [2.05, 4.69) is 5.32 Å². The lowest BCUT2D eigenvalue weighted by Gasteiger charge is -2.24. The van der Waals surface area contributed by atoms with Crippen molar-refractivity contribution in [3.63, 3.8) is 0 Å². The molecule has 24 heavy (non-hydrogen) atoms. The molecule has 6 nitrogen and oxygen atoms in total. The fraction of sp³-hybridized carbons (Fsp3) is 0.444. The average molecular weight is 331 g/mol. The number of hydrogen-bond acceptors (Lipinski definition) is 4. The number of allylic oxidation sites excluding steroid dienone is 2. The van der Waals surface area contributed by atoms with E-state index in [1.807, 2.05) is 24.3 Å². The highest BCUT2D eigenvalue weighted by atomic mass is 16.5. The molecule has 1 aromatic rings. The van der Waals surface area contributed by atoms with Crippen molar-refractivity contribution in [1.82, 2.24) is 5.32 Å². The third kappa shape index (κ3) is 2.96. The molecule has 3 rings (SSSR count). The first-order valence-electron chi connectivity index (χ1n) is 7.94. The summed E-state index contributed by atoms with van der Waals surface area (Å²) in [6.45, 7) is 0.302. The zero-order valence-electron chi connectivity index (χ0n) is 13.7. The molecule has 0 unspecified atom stereocenters. The number of aliphatic carboxylic acids is 1. The smallest absolute Gasteiger partial charge is 0.307 e. The topological polar surface area (TPSA) is 84.9 Å². The number of carboxylic acids is 1. The lowest BCUT2D eigenvalue weighted by molar-refractivity contribution is -0.147. The van der Waals surface area contributed by atoms with Crippen molar-refractivity contribution in [3.8, 4) is 11.5 Å². The summed E-state index contributed by atoms with van der Waals surface area (Å²) in [4.78, 5) is 24.1. The van der Waals surface area contributed by atoms with E-state index in [9.17, 15) is 14.7 Å². The molecule has 128 valence electrons. The first kappa shape index (κ1) is 16.4. The van der Waals surface area contributed by atoms with Gasteiger partial charge in [-0.1, -0.05) is 12.2 Å². The number of methoxy groups -OCH3 is 2. The molecule has 0 radical (unpaired) electrons. The van der Waals surface area contributed by atoms with E-state index < -0.39 is 17.8 Å². The molecule has 4 atom stereocenters. The Morgan fingerprint density at radius 2 is 1.67 bits per heavy atom. The summed E-state index contributed by atoms with van der Waals surface area (Å²) in [6, 6.07) is 5.39. The second-order valence-electron chi connectivity index (χ2n) is 6.28. The summed E-state index contributed by atoms with van der Waals surface area (Å²) in [5, 5.41) is 12.3. The number of rotatable bonds is 6. The summed E-state index contributed by atoms with van der Waals surface area (Å²) in [6.07, 6.45) is 4.66. The molecule has 0 heterocycles. The Balaban J connectivity index is 1.70. The number of nitrogens with one attached hydrogen (secondary N) is 1. The Hall–Kier alpha value is -2.50. The highest BCUT2D eigenvalue weighted by Crippen LogP contribution is 2.48. The third-order valence-corrected chi connectivity index (χ3v) is 4.93.